The van der Waals surface area contributed by atoms with Crippen molar-refractivity contribution in [2.75, 3.05) is 26.4 Å². The second-order valence-electron chi connectivity index (χ2n) is 8.45. The summed E-state index contributed by atoms with van der Waals surface area (Å²) in [5, 5.41) is 17.9. The molecule has 5 rings (SSSR count). The third-order valence-electron chi connectivity index (χ3n) is 6.33. The molecule has 2 aliphatic rings. The number of hydrogen-bond acceptors (Lipinski definition) is 6. The fourth-order valence-electron chi connectivity index (χ4n) is 4.86. The number of phenolic OH excluding ortho intramolecular Hbond substituents is 1. The number of rotatable bonds is 8. The van der Waals surface area contributed by atoms with Crippen molar-refractivity contribution in [3.63, 3.8) is 0 Å². The van der Waals surface area contributed by atoms with Crippen molar-refractivity contribution in [2.24, 2.45) is 0 Å². The zero-order chi connectivity index (χ0) is 23.7. The minimum Gasteiger partial charge on any atom is -0.507 e. The van der Waals surface area contributed by atoms with Crippen molar-refractivity contribution in [3.05, 3.63) is 59.3 Å². The number of carbonyl (C=O) groups excluding carboxylic acids is 1. The molecule has 3 aromatic rings. The molecule has 0 unspecified atom stereocenters. The number of aromatic nitrogens is 2. The van der Waals surface area contributed by atoms with Crippen LogP contribution in [0.3, 0.4) is 0 Å². The zero-order valence-corrected chi connectivity index (χ0v) is 19.4. The number of hydrogen-bond donors (Lipinski definition) is 2. The van der Waals surface area contributed by atoms with E-state index in [1.165, 1.54) is 0 Å². The summed E-state index contributed by atoms with van der Waals surface area (Å²) in [6.07, 6.45) is 1.90. The van der Waals surface area contributed by atoms with Gasteiger partial charge in [0.05, 0.1) is 25.4 Å². The predicted molar refractivity (Wildman–Crippen MR) is 126 cm³/mol. The lowest BCUT2D eigenvalue weighted by Crippen LogP contribution is -2.36. The quantitative estimate of drug-likeness (QED) is 0.517. The Morgan fingerprint density at radius 1 is 1.15 bits per heavy atom. The summed E-state index contributed by atoms with van der Waals surface area (Å²) in [4.78, 5) is 15.4. The average Bonchev–Trinajstić information content (AvgIpc) is 3.56. The summed E-state index contributed by atoms with van der Waals surface area (Å²) in [5.41, 5.74) is 3.21. The Balaban J connectivity index is 1.64. The lowest BCUT2D eigenvalue weighted by Gasteiger charge is -2.29. The van der Waals surface area contributed by atoms with E-state index in [1.807, 2.05) is 43.0 Å². The summed E-state index contributed by atoms with van der Waals surface area (Å²) < 4.78 is 17.5. The van der Waals surface area contributed by atoms with Gasteiger partial charge in [-0.3, -0.25) is 9.89 Å². The lowest BCUT2D eigenvalue weighted by atomic mass is 9.95. The molecule has 2 aliphatic heterocycles. The maximum atomic E-state index is 13.6. The molecule has 2 N–H and O–H groups in total. The standard InChI is InChI=1S/C26H29N3O5/c1-3-32-20-12-11-16(14-21(20)33-4-2)25-22-23(18-9-5-6-10-19(18)30)27-28-24(22)26(31)29(25)15-17-8-7-13-34-17/h5-6,9-12,14,17,25,30H,3-4,7-8,13,15H2,1-2H3,(H,27,28)/t17-,25-/m1/s1. The van der Waals surface area contributed by atoms with Gasteiger partial charge < -0.3 is 24.2 Å². The Morgan fingerprint density at radius 2 is 1.94 bits per heavy atom. The Bertz CT molecular complexity index is 1180. The monoisotopic (exact) mass is 463 g/mol. The molecule has 3 heterocycles. The molecule has 2 aromatic carbocycles. The average molecular weight is 464 g/mol. The van der Waals surface area contributed by atoms with E-state index in [-0.39, 0.29) is 17.8 Å². The first kappa shape index (κ1) is 22.3. The second-order valence-corrected chi connectivity index (χ2v) is 8.45. The Hall–Kier alpha value is -3.52. The van der Waals surface area contributed by atoms with Crippen LogP contribution < -0.4 is 9.47 Å². The third-order valence-corrected chi connectivity index (χ3v) is 6.33. The fourth-order valence-corrected chi connectivity index (χ4v) is 4.86. The van der Waals surface area contributed by atoms with Crippen molar-refractivity contribution in [3.8, 4) is 28.5 Å². The zero-order valence-electron chi connectivity index (χ0n) is 19.4. The minimum atomic E-state index is -0.407. The third kappa shape index (κ3) is 3.88. The number of H-pyrrole nitrogens is 1. The Kier molecular flexibility index (Phi) is 6.15. The topological polar surface area (TPSA) is 96.9 Å². The van der Waals surface area contributed by atoms with Crippen LogP contribution in [-0.2, 0) is 4.74 Å². The van der Waals surface area contributed by atoms with Crippen LogP contribution in [0.2, 0.25) is 0 Å². The first-order valence-corrected chi connectivity index (χ1v) is 11.8. The van der Waals surface area contributed by atoms with Crippen molar-refractivity contribution in [1.82, 2.24) is 15.1 Å². The molecular formula is C26H29N3O5. The van der Waals surface area contributed by atoms with Gasteiger partial charge in [0, 0.05) is 24.3 Å². The van der Waals surface area contributed by atoms with Crippen LogP contribution in [-0.4, -0.2) is 58.6 Å². The summed E-state index contributed by atoms with van der Waals surface area (Å²) in [7, 11) is 0. The number of fused-ring (bicyclic) bond motifs is 1. The van der Waals surface area contributed by atoms with Gasteiger partial charge in [-0.05, 0) is 56.5 Å². The molecule has 34 heavy (non-hydrogen) atoms. The summed E-state index contributed by atoms with van der Waals surface area (Å²) in [6.45, 7) is 6.06. The normalized spacial score (nSPS) is 19.5. The number of aromatic hydroxyl groups is 1. The molecule has 1 amide bonds. The highest BCUT2D eigenvalue weighted by molar-refractivity contribution is 6.00. The van der Waals surface area contributed by atoms with Gasteiger partial charge in [0.15, 0.2) is 11.5 Å². The van der Waals surface area contributed by atoms with Crippen LogP contribution in [0.5, 0.6) is 17.2 Å². The van der Waals surface area contributed by atoms with Crippen molar-refractivity contribution < 1.29 is 24.1 Å². The molecule has 8 heteroatoms. The molecule has 0 saturated carbocycles. The maximum absolute atomic E-state index is 13.6. The lowest BCUT2D eigenvalue weighted by molar-refractivity contribution is 0.0495. The molecule has 0 spiro atoms. The number of nitrogens with zero attached hydrogens (tertiary/aromatic N) is 2. The summed E-state index contributed by atoms with van der Waals surface area (Å²) >= 11 is 0. The van der Waals surface area contributed by atoms with Crippen LogP contribution in [0.15, 0.2) is 42.5 Å². The van der Waals surface area contributed by atoms with E-state index >= 15 is 0 Å². The first-order valence-electron chi connectivity index (χ1n) is 11.8. The van der Waals surface area contributed by atoms with E-state index < -0.39 is 6.04 Å². The summed E-state index contributed by atoms with van der Waals surface area (Å²) in [6, 6.07) is 12.4. The fraction of sp³-hybridized carbons (Fsp3) is 0.385. The number of nitrogens with one attached hydrogen (secondary N) is 1. The number of para-hydroxylation sites is 1. The highest BCUT2D eigenvalue weighted by atomic mass is 16.5. The molecule has 1 fully saturated rings. The molecule has 1 saturated heterocycles. The highest BCUT2D eigenvalue weighted by Crippen LogP contribution is 2.46. The SMILES string of the molecule is CCOc1ccc([C@@H]2c3c(-c4ccccc4O)n[nH]c3C(=O)N2C[C@H]2CCCO2)cc1OCC. The van der Waals surface area contributed by atoms with E-state index in [2.05, 4.69) is 10.2 Å². The first-order chi connectivity index (χ1) is 16.6. The molecule has 1 aromatic heterocycles. The van der Waals surface area contributed by atoms with E-state index in [9.17, 15) is 9.90 Å². The van der Waals surface area contributed by atoms with Crippen LogP contribution in [0, 0.1) is 0 Å². The van der Waals surface area contributed by atoms with Crippen molar-refractivity contribution in [2.45, 2.75) is 38.8 Å². The number of phenols is 1. The highest BCUT2D eigenvalue weighted by Gasteiger charge is 2.44. The number of amides is 1. The second kappa shape index (κ2) is 9.38. The van der Waals surface area contributed by atoms with Crippen LogP contribution in [0.4, 0.5) is 0 Å². The Labute approximate surface area is 198 Å². The molecular weight excluding hydrogens is 434 g/mol. The number of ether oxygens (including phenoxy) is 3. The molecule has 0 bridgehead atoms. The largest absolute Gasteiger partial charge is 0.507 e. The van der Waals surface area contributed by atoms with Crippen LogP contribution >= 0.6 is 0 Å². The van der Waals surface area contributed by atoms with Gasteiger partial charge >= 0.3 is 0 Å². The van der Waals surface area contributed by atoms with Crippen molar-refractivity contribution >= 4 is 5.91 Å². The summed E-state index contributed by atoms with van der Waals surface area (Å²) in [5.74, 6) is 1.28. The maximum Gasteiger partial charge on any atom is 0.273 e. The van der Waals surface area contributed by atoms with Gasteiger partial charge in [-0.1, -0.05) is 18.2 Å². The minimum absolute atomic E-state index is 0.00828. The Morgan fingerprint density at radius 3 is 2.68 bits per heavy atom. The van der Waals surface area contributed by atoms with Gasteiger partial charge in [-0.25, -0.2) is 0 Å². The van der Waals surface area contributed by atoms with E-state index in [0.717, 1.165) is 24.0 Å². The van der Waals surface area contributed by atoms with Gasteiger partial charge in [0.2, 0.25) is 0 Å². The molecule has 0 radical (unpaired) electrons. The van der Waals surface area contributed by atoms with Crippen LogP contribution in [0.1, 0.15) is 54.3 Å². The van der Waals surface area contributed by atoms with Crippen LogP contribution in [0.25, 0.3) is 11.3 Å². The number of aromatic amines is 1. The predicted octanol–water partition coefficient (Wildman–Crippen LogP) is 4.30. The van der Waals surface area contributed by atoms with E-state index in [4.69, 9.17) is 14.2 Å². The number of carbonyl (C=O) groups is 1. The number of benzene rings is 2. The molecule has 8 nitrogen and oxygen atoms in total. The van der Waals surface area contributed by atoms with Crippen molar-refractivity contribution in [1.29, 1.82) is 0 Å². The molecule has 178 valence electrons. The van der Waals surface area contributed by atoms with Gasteiger partial charge in [0.1, 0.15) is 17.1 Å². The van der Waals surface area contributed by atoms with E-state index in [0.29, 0.717) is 54.8 Å². The molecule has 0 aliphatic carbocycles. The van der Waals surface area contributed by atoms with Gasteiger partial charge in [-0.2, -0.15) is 5.10 Å². The smallest absolute Gasteiger partial charge is 0.273 e. The van der Waals surface area contributed by atoms with E-state index in [1.54, 1.807) is 18.2 Å². The molecule has 2 atom stereocenters. The van der Waals surface area contributed by atoms with Gasteiger partial charge in [-0.15, -0.1) is 0 Å². The van der Waals surface area contributed by atoms with Gasteiger partial charge in [0.25, 0.3) is 5.91 Å².